The molecule has 0 aliphatic carbocycles. The second-order valence-electron chi connectivity index (χ2n) is 6.67. The molecule has 0 saturated carbocycles. The first-order chi connectivity index (χ1) is 13.3. The van der Waals surface area contributed by atoms with Crippen molar-refractivity contribution in [2.75, 3.05) is 13.7 Å². The van der Waals surface area contributed by atoms with Gasteiger partial charge in [-0.2, -0.15) is 4.48 Å². The molecule has 4 N–H and O–H groups in total. The molecule has 28 heavy (non-hydrogen) atoms. The molecule has 2 aliphatic heterocycles. The fraction of sp³-hybridized carbons (Fsp3) is 0.333. The smallest absolute Gasteiger partial charge is 0.428 e. The first-order valence-electron chi connectivity index (χ1n) is 8.51. The van der Waals surface area contributed by atoms with Gasteiger partial charge in [0.2, 0.25) is 6.23 Å². The molecule has 1 saturated heterocycles. The van der Waals surface area contributed by atoms with Gasteiger partial charge < -0.3 is 19.7 Å². The van der Waals surface area contributed by atoms with Gasteiger partial charge >= 0.3 is 18.0 Å². The van der Waals surface area contributed by atoms with Gasteiger partial charge in [-0.15, -0.1) is 0 Å². The molecule has 4 atom stereocenters. The Morgan fingerprint density at radius 3 is 2.64 bits per heavy atom. The highest BCUT2D eigenvalue weighted by Gasteiger charge is 2.53. The van der Waals surface area contributed by atoms with E-state index in [0.29, 0.717) is 0 Å². The number of urea groups is 1. The lowest BCUT2D eigenvalue weighted by atomic mass is 10.1. The van der Waals surface area contributed by atoms with Crippen LogP contribution in [0.5, 0.6) is 0 Å². The Morgan fingerprint density at radius 2 is 2.04 bits per heavy atom. The highest BCUT2D eigenvalue weighted by molar-refractivity contribution is 6.03. The topological polar surface area (TPSA) is 146 Å². The van der Waals surface area contributed by atoms with Crippen LogP contribution in [0.3, 0.4) is 0 Å². The quantitative estimate of drug-likeness (QED) is 0.427. The number of aliphatic hydroxyl groups excluding tert-OH is 1. The van der Waals surface area contributed by atoms with E-state index < -0.39 is 40.9 Å². The Kier molecular flexibility index (Phi) is 5.27. The lowest BCUT2D eigenvalue weighted by Crippen LogP contribution is -2.62. The number of benzene rings is 1. The molecule has 0 radical (unpaired) electrons. The minimum Gasteiger partial charge on any atom is -0.478 e. The van der Waals surface area contributed by atoms with E-state index >= 15 is 0 Å². The zero-order valence-electron chi connectivity index (χ0n) is 15.0. The van der Waals surface area contributed by atoms with Crippen LogP contribution < -0.4 is 5.32 Å². The number of hydrogen-bond donors (Lipinski definition) is 4. The predicted octanol–water partition coefficient (Wildman–Crippen LogP) is 0.678. The molecule has 1 aromatic rings. The van der Waals surface area contributed by atoms with Crippen LogP contribution in [-0.2, 0) is 9.47 Å². The average molecular weight is 390 g/mol. The molecule has 3 rings (SSSR count). The van der Waals surface area contributed by atoms with Crippen LogP contribution in [0.15, 0.2) is 36.5 Å². The number of hydrogen-bond acceptors (Lipinski definition) is 7. The maximum atomic E-state index is 12.6. The summed E-state index contributed by atoms with van der Waals surface area (Å²) in [7, 11) is 1.52. The van der Waals surface area contributed by atoms with E-state index in [4.69, 9.17) is 14.9 Å². The van der Waals surface area contributed by atoms with Gasteiger partial charge in [-0.3, -0.25) is 10.7 Å². The Labute approximate surface area is 160 Å². The molecular weight excluding hydrogens is 370 g/mol. The maximum Gasteiger partial charge on any atom is 0.428 e. The number of amidine groups is 1. The molecule has 0 bridgehead atoms. The van der Waals surface area contributed by atoms with Crippen molar-refractivity contribution in [1.29, 1.82) is 5.41 Å². The molecular formula is C18H20N3O7+. The third kappa shape index (κ3) is 3.52. The number of aromatic carboxylic acids is 1. The Hall–Kier alpha value is -3.08. The first-order valence-corrected chi connectivity index (χ1v) is 8.51. The standard InChI is InChI=1S/C18H19N3O7/c1-21(7-6-14(19)20-18(21)26)15-13(8-10(9-22)27-15)28-17(25)12-5-3-2-4-11(12)16(23)24/h2-7,10,13,15,22H,8-9H2,1H3,(H2-,19,20,23,24,26)/p+1/t10-,13+,15+,21?/m0/s1. The van der Waals surface area contributed by atoms with E-state index in [9.17, 15) is 24.6 Å². The van der Waals surface area contributed by atoms with E-state index in [1.54, 1.807) is 0 Å². The number of nitrogens with one attached hydrogen (secondary N) is 2. The number of carbonyl (C=O) groups is 3. The normalized spacial score (nSPS) is 29.4. The van der Waals surface area contributed by atoms with Gasteiger partial charge in [0.1, 0.15) is 12.0 Å². The summed E-state index contributed by atoms with van der Waals surface area (Å²) in [6, 6.07) is 5.09. The number of quaternary nitrogens is 1. The summed E-state index contributed by atoms with van der Waals surface area (Å²) in [4.78, 5) is 36.4. The Morgan fingerprint density at radius 1 is 1.36 bits per heavy atom. The molecule has 0 aromatic heterocycles. The highest BCUT2D eigenvalue weighted by atomic mass is 16.6. The number of nitrogens with zero attached hydrogens (tertiary/aromatic N) is 1. The number of carboxylic acid groups (broad SMARTS) is 1. The summed E-state index contributed by atoms with van der Waals surface area (Å²) < 4.78 is 10.8. The van der Waals surface area contributed by atoms with Gasteiger partial charge in [0, 0.05) is 12.5 Å². The van der Waals surface area contributed by atoms with Crippen LogP contribution >= 0.6 is 0 Å². The van der Waals surface area contributed by atoms with Gasteiger partial charge in [0.15, 0.2) is 6.10 Å². The molecule has 2 amide bonds. The number of rotatable bonds is 5. The van der Waals surface area contributed by atoms with E-state index in [2.05, 4.69) is 5.32 Å². The van der Waals surface area contributed by atoms with E-state index in [-0.39, 0.29) is 30.0 Å². The van der Waals surface area contributed by atoms with Crippen molar-refractivity contribution in [3.8, 4) is 0 Å². The van der Waals surface area contributed by atoms with Crippen molar-refractivity contribution in [2.45, 2.75) is 24.9 Å². The van der Waals surface area contributed by atoms with E-state index in [1.807, 2.05) is 0 Å². The Balaban J connectivity index is 1.88. The fourth-order valence-electron chi connectivity index (χ4n) is 3.23. The Bertz CT molecular complexity index is 868. The van der Waals surface area contributed by atoms with Crippen molar-refractivity contribution >= 4 is 23.8 Å². The minimum atomic E-state index is -1.27. The van der Waals surface area contributed by atoms with Crippen molar-refractivity contribution in [3.05, 3.63) is 47.7 Å². The van der Waals surface area contributed by atoms with Crippen LogP contribution in [-0.4, -0.2) is 70.6 Å². The van der Waals surface area contributed by atoms with E-state index in [1.165, 1.54) is 43.6 Å². The number of carbonyl (C=O) groups excluding carboxylic acids is 2. The van der Waals surface area contributed by atoms with Gasteiger partial charge in [-0.05, 0) is 12.1 Å². The summed E-state index contributed by atoms with van der Waals surface area (Å²) >= 11 is 0. The van der Waals surface area contributed by atoms with Gasteiger partial charge in [-0.25, -0.2) is 14.4 Å². The first kappa shape index (κ1) is 19.7. The number of aliphatic hydroxyl groups is 1. The number of amides is 2. The van der Waals surface area contributed by atoms with Gasteiger partial charge in [0.25, 0.3) is 0 Å². The SMILES string of the molecule is C[N+]1([C@@H]2O[C@H](CO)C[C@H]2OC(=O)c2ccccc2C(=O)O)C=CC(=N)NC1=O. The number of carboxylic acids is 1. The number of ether oxygens (including phenoxy) is 2. The summed E-state index contributed by atoms with van der Waals surface area (Å²) in [5, 5.41) is 28.6. The van der Waals surface area contributed by atoms with Gasteiger partial charge in [0.05, 0.1) is 30.9 Å². The molecule has 1 aromatic carbocycles. The highest BCUT2D eigenvalue weighted by Crippen LogP contribution is 2.32. The van der Waals surface area contributed by atoms with Crippen molar-refractivity contribution < 1.29 is 38.6 Å². The summed E-state index contributed by atoms with van der Waals surface area (Å²) in [5.41, 5.74) is -0.324. The number of likely N-dealkylation sites (N-methyl/N-ethyl adjacent to an activating group) is 1. The second kappa shape index (κ2) is 7.50. The molecule has 2 heterocycles. The summed E-state index contributed by atoms with van der Waals surface area (Å²) in [5.74, 6) is -2.21. The monoisotopic (exact) mass is 390 g/mol. The van der Waals surface area contributed by atoms with Gasteiger partial charge in [-0.1, -0.05) is 12.1 Å². The molecule has 1 unspecified atom stereocenters. The largest absolute Gasteiger partial charge is 0.478 e. The van der Waals surface area contributed by atoms with Crippen LogP contribution in [0.1, 0.15) is 27.1 Å². The summed E-state index contributed by atoms with van der Waals surface area (Å²) in [6.45, 7) is -0.336. The lowest BCUT2D eigenvalue weighted by Gasteiger charge is -2.36. The second-order valence-corrected chi connectivity index (χ2v) is 6.67. The van der Waals surface area contributed by atoms with Crippen molar-refractivity contribution in [2.24, 2.45) is 0 Å². The fourth-order valence-corrected chi connectivity index (χ4v) is 3.23. The minimum absolute atomic E-state index is 0.0822. The van der Waals surface area contributed by atoms with E-state index in [0.717, 1.165) is 0 Å². The summed E-state index contributed by atoms with van der Waals surface area (Å²) in [6.07, 6.45) is 0.415. The maximum absolute atomic E-state index is 12.6. The zero-order chi connectivity index (χ0) is 20.5. The zero-order valence-corrected chi connectivity index (χ0v) is 15.0. The van der Waals surface area contributed by atoms with Crippen LogP contribution in [0.4, 0.5) is 4.79 Å². The molecule has 10 heteroatoms. The molecule has 10 nitrogen and oxygen atoms in total. The van der Waals surface area contributed by atoms with Crippen molar-refractivity contribution in [3.63, 3.8) is 0 Å². The lowest BCUT2D eigenvalue weighted by molar-refractivity contribution is -0.835. The molecule has 2 aliphatic rings. The average Bonchev–Trinajstić information content (AvgIpc) is 3.08. The third-order valence-corrected chi connectivity index (χ3v) is 4.74. The van der Waals surface area contributed by atoms with Crippen LogP contribution in [0.25, 0.3) is 0 Å². The molecule has 0 spiro atoms. The van der Waals surface area contributed by atoms with Crippen LogP contribution in [0.2, 0.25) is 0 Å². The van der Waals surface area contributed by atoms with Crippen LogP contribution in [0, 0.1) is 5.41 Å². The molecule has 1 fully saturated rings. The predicted molar refractivity (Wildman–Crippen MR) is 94.6 cm³/mol. The van der Waals surface area contributed by atoms with Crippen molar-refractivity contribution in [1.82, 2.24) is 5.32 Å². The number of esters is 1. The molecule has 148 valence electrons. The third-order valence-electron chi connectivity index (χ3n) is 4.74.